The van der Waals surface area contributed by atoms with Gasteiger partial charge in [-0.3, -0.25) is 9.59 Å². The van der Waals surface area contributed by atoms with Crippen molar-refractivity contribution in [3.8, 4) is 0 Å². The Labute approximate surface area is 149 Å². The Bertz CT molecular complexity index is 555. The zero-order valence-electron chi connectivity index (χ0n) is 14.6. The molecule has 1 aliphatic rings. The molecule has 1 unspecified atom stereocenters. The fourth-order valence-corrected chi connectivity index (χ4v) is 3.20. The summed E-state index contributed by atoms with van der Waals surface area (Å²) in [5.41, 5.74) is 1.15. The van der Waals surface area contributed by atoms with Crippen LogP contribution >= 0.6 is 11.6 Å². The molecule has 1 aromatic rings. The molecule has 0 saturated carbocycles. The molecule has 1 aliphatic heterocycles. The lowest BCUT2D eigenvalue weighted by Gasteiger charge is -2.32. The van der Waals surface area contributed by atoms with Crippen molar-refractivity contribution >= 4 is 23.4 Å². The highest BCUT2D eigenvalue weighted by Gasteiger charge is 2.30. The summed E-state index contributed by atoms with van der Waals surface area (Å²) in [6, 6.07) is 7.92. The van der Waals surface area contributed by atoms with Crippen molar-refractivity contribution in [1.82, 2.24) is 10.2 Å². The summed E-state index contributed by atoms with van der Waals surface area (Å²) >= 11 is 5.89. The van der Waals surface area contributed by atoms with Crippen LogP contribution < -0.4 is 5.32 Å². The molecule has 0 aliphatic carbocycles. The molecule has 132 valence electrons. The molecular weight excluding hydrogens is 324 g/mol. The number of amides is 2. The first-order valence-electron chi connectivity index (χ1n) is 8.86. The fourth-order valence-electron chi connectivity index (χ4n) is 3.07. The van der Waals surface area contributed by atoms with E-state index >= 15 is 0 Å². The summed E-state index contributed by atoms with van der Waals surface area (Å²) in [4.78, 5) is 26.4. The number of hydrogen-bond acceptors (Lipinski definition) is 2. The summed E-state index contributed by atoms with van der Waals surface area (Å²) in [6.45, 7) is 5.34. The van der Waals surface area contributed by atoms with Crippen LogP contribution in [0.2, 0.25) is 5.02 Å². The van der Waals surface area contributed by atoms with Crippen LogP contribution in [0.4, 0.5) is 0 Å². The largest absolute Gasteiger partial charge is 0.353 e. The molecule has 1 heterocycles. The minimum atomic E-state index is -0.0893. The SMILES string of the molecule is CCC(CC)NC(=O)C1CCC(=O)N(CCc2ccc(Cl)cc2)C1. The second kappa shape index (κ2) is 9.07. The molecule has 0 aromatic heterocycles. The number of likely N-dealkylation sites (tertiary alicyclic amines) is 1. The van der Waals surface area contributed by atoms with Gasteiger partial charge in [-0.2, -0.15) is 0 Å². The summed E-state index contributed by atoms with van der Waals surface area (Å²) < 4.78 is 0. The number of carbonyl (C=O) groups excluding carboxylic acids is 2. The Kier molecular flexibility index (Phi) is 7.10. The van der Waals surface area contributed by atoms with Gasteiger partial charge in [-0.25, -0.2) is 0 Å². The minimum absolute atomic E-state index is 0.0893. The van der Waals surface area contributed by atoms with Crippen molar-refractivity contribution in [1.29, 1.82) is 0 Å². The van der Waals surface area contributed by atoms with E-state index in [1.165, 1.54) is 0 Å². The molecule has 2 amide bonds. The van der Waals surface area contributed by atoms with Gasteiger partial charge >= 0.3 is 0 Å². The van der Waals surface area contributed by atoms with Crippen LogP contribution in [0.3, 0.4) is 0 Å². The standard InChI is InChI=1S/C19H27ClN2O2/c1-3-17(4-2)21-19(24)15-7-10-18(23)22(13-15)12-11-14-5-8-16(20)9-6-14/h5-6,8-9,15,17H,3-4,7,10-13H2,1-2H3,(H,21,24). The van der Waals surface area contributed by atoms with Crippen LogP contribution in [0, 0.1) is 5.92 Å². The quantitative estimate of drug-likeness (QED) is 0.819. The van der Waals surface area contributed by atoms with E-state index in [1.54, 1.807) is 0 Å². The molecular formula is C19H27ClN2O2. The maximum atomic E-state index is 12.4. The highest BCUT2D eigenvalue weighted by atomic mass is 35.5. The fraction of sp³-hybridized carbons (Fsp3) is 0.579. The predicted molar refractivity (Wildman–Crippen MR) is 97.0 cm³/mol. The summed E-state index contributed by atoms with van der Waals surface area (Å²) in [5, 5.41) is 3.82. The molecule has 5 heteroatoms. The number of rotatable bonds is 7. The normalized spacial score (nSPS) is 18.1. The third-order valence-corrected chi connectivity index (χ3v) is 5.04. The van der Waals surface area contributed by atoms with Gasteiger partial charge in [-0.1, -0.05) is 37.6 Å². The maximum Gasteiger partial charge on any atom is 0.225 e. The zero-order chi connectivity index (χ0) is 17.5. The second-order valence-corrected chi connectivity index (χ2v) is 6.91. The molecule has 0 bridgehead atoms. The number of nitrogens with one attached hydrogen (secondary N) is 1. The van der Waals surface area contributed by atoms with Gasteiger partial charge in [0.25, 0.3) is 0 Å². The lowest BCUT2D eigenvalue weighted by atomic mass is 9.95. The third kappa shape index (κ3) is 5.23. The summed E-state index contributed by atoms with van der Waals surface area (Å²) in [5.74, 6) is 0.150. The average molecular weight is 351 g/mol. The van der Waals surface area contributed by atoms with Gasteiger partial charge in [0.1, 0.15) is 0 Å². The maximum absolute atomic E-state index is 12.4. The Balaban J connectivity index is 1.89. The van der Waals surface area contributed by atoms with Crippen LogP contribution in [0.5, 0.6) is 0 Å². The molecule has 24 heavy (non-hydrogen) atoms. The van der Waals surface area contributed by atoms with Gasteiger partial charge in [0.15, 0.2) is 0 Å². The van der Waals surface area contributed by atoms with Gasteiger partial charge < -0.3 is 10.2 Å². The van der Waals surface area contributed by atoms with Gasteiger partial charge in [0.2, 0.25) is 11.8 Å². The monoisotopic (exact) mass is 350 g/mol. The van der Waals surface area contributed by atoms with Crippen molar-refractivity contribution in [2.75, 3.05) is 13.1 Å². The molecule has 1 saturated heterocycles. The molecule has 1 atom stereocenters. The van der Waals surface area contributed by atoms with Crippen molar-refractivity contribution < 1.29 is 9.59 Å². The van der Waals surface area contributed by atoms with Crippen molar-refractivity contribution in [3.05, 3.63) is 34.9 Å². The number of nitrogens with zero attached hydrogens (tertiary/aromatic N) is 1. The van der Waals surface area contributed by atoms with Crippen LogP contribution in [-0.4, -0.2) is 35.8 Å². The average Bonchev–Trinajstić information content (AvgIpc) is 2.60. The van der Waals surface area contributed by atoms with Crippen LogP contribution in [0.1, 0.15) is 45.1 Å². The first-order valence-corrected chi connectivity index (χ1v) is 9.23. The molecule has 1 aromatic carbocycles. The van der Waals surface area contributed by atoms with E-state index in [4.69, 9.17) is 11.6 Å². The van der Waals surface area contributed by atoms with Crippen LogP contribution in [0.15, 0.2) is 24.3 Å². The van der Waals surface area contributed by atoms with Crippen molar-refractivity contribution in [2.45, 2.75) is 52.0 Å². The smallest absolute Gasteiger partial charge is 0.225 e. The Hall–Kier alpha value is -1.55. The minimum Gasteiger partial charge on any atom is -0.353 e. The number of piperidine rings is 1. The molecule has 4 nitrogen and oxygen atoms in total. The predicted octanol–water partition coefficient (Wildman–Crippen LogP) is 3.43. The number of benzene rings is 1. The number of halogens is 1. The number of carbonyl (C=O) groups is 2. The summed E-state index contributed by atoms with van der Waals surface area (Å²) in [6.07, 6.45) is 3.77. The second-order valence-electron chi connectivity index (χ2n) is 6.47. The van der Waals surface area contributed by atoms with E-state index < -0.39 is 0 Å². The lowest BCUT2D eigenvalue weighted by Crippen LogP contribution is -2.48. The van der Waals surface area contributed by atoms with Gasteiger partial charge in [0.05, 0.1) is 5.92 Å². The Morgan fingerprint density at radius 1 is 1.29 bits per heavy atom. The molecule has 2 rings (SSSR count). The van der Waals surface area contributed by atoms with Crippen molar-refractivity contribution in [2.24, 2.45) is 5.92 Å². The van der Waals surface area contributed by atoms with Crippen LogP contribution in [-0.2, 0) is 16.0 Å². The first-order chi connectivity index (χ1) is 11.5. The zero-order valence-corrected chi connectivity index (χ0v) is 15.3. The Morgan fingerprint density at radius 3 is 2.58 bits per heavy atom. The van der Waals surface area contributed by atoms with E-state index in [0.717, 1.165) is 24.8 Å². The topological polar surface area (TPSA) is 49.4 Å². The molecule has 1 fully saturated rings. The van der Waals surface area contributed by atoms with E-state index in [0.29, 0.717) is 31.0 Å². The van der Waals surface area contributed by atoms with E-state index in [1.807, 2.05) is 29.2 Å². The third-order valence-electron chi connectivity index (χ3n) is 4.79. The first kappa shape index (κ1) is 18.8. The Morgan fingerprint density at radius 2 is 1.96 bits per heavy atom. The van der Waals surface area contributed by atoms with E-state index in [2.05, 4.69) is 19.2 Å². The number of hydrogen-bond donors (Lipinski definition) is 1. The highest BCUT2D eigenvalue weighted by molar-refractivity contribution is 6.30. The van der Waals surface area contributed by atoms with E-state index in [9.17, 15) is 9.59 Å². The van der Waals surface area contributed by atoms with Gasteiger partial charge in [-0.15, -0.1) is 0 Å². The molecule has 1 N–H and O–H groups in total. The highest BCUT2D eigenvalue weighted by Crippen LogP contribution is 2.19. The van der Waals surface area contributed by atoms with Crippen molar-refractivity contribution in [3.63, 3.8) is 0 Å². The van der Waals surface area contributed by atoms with Crippen LogP contribution in [0.25, 0.3) is 0 Å². The van der Waals surface area contributed by atoms with Gasteiger partial charge in [-0.05, 0) is 43.4 Å². The van der Waals surface area contributed by atoms with E-state index in [-0.39, 0.29) is 23.8 Å². The lowest BCUT2D eigenvalue weighted by molar-refractivity contribution is -0.138. The summed E-state index contributed by atoms with van der Waals surface area (Å²) in [7, 11) is 0. The molecule has 0 spiro atoms. The van der Waals surface area contributed by atoms with Gasteiger partial charge in [0, 0.05) is 30.6 Å². The molecule has 0 radical (unpaired) electrons.